The molecule has 322 valence electrons. The van der Waals surface area contributed by atoms with Gasteiger partial charge in [0.25, 0.3) is 5.60 Å². The van der Waals surface area contributed by atoms with E-state index in [1.807, 2.05) is 103 Å². The Morgan fingerprint density at radius 2 is 0.694 bits per heavy atom. The minimum Gasteiger partial charge on any atom is -0.364 e. The van der Waals surface area contributed by atoms with Crippen LogP contribution in [0.25, 0.3) is 5.57 Å². The first-order chi connectivity index (χ1) is 30.0. The maximum Gasteiger partial charge on any atom is 0.292 e. The van der Waals surface area contributed by atoms with E-state index in [-0.39, 0.29) is 0 Å². The van der Waals surface area contributed by atoms with Crippen LogP contribution in [0.4, 0.5) is 22.7 Å². The standard InChI is InChI=1S/C53H59ClN4O4/c1-9-36-55(37-10-2)48-27-19-44(20-28-48)52(45-21-29-49(30-22-45)56(38-11-3)39-12-4)18-17-35-53(62-54(59,60)61,46-23-31-50(32-24-46)57(40-13-5)41-14-6)47-25-33-51(34-26-47)58(42-15-7)43-16-8/h9-35H,1-8,36-43H2. The van der Waals surface area contributed by atoms with Crippen LogP contribution in [0.1, 0.15) is 22.3 Å². The summed E-state index contributed by atoms with van der Waals surface area (Å²) in [6.07, 6.45) is 19.8. The van der Waals surface area contributed by atoms with Gasteiger partial charge in [0, 0.05) is 86.2 Å². The molecule has 62 heavy (non-hydrogen) atoms. The van der Waals surface area contributed by atoms with Crippen LogP contribution in [-0.4, -0.2) is 52.4 Å². The van der Waals surface area contributed by atoms with Crippen molar-refractivity contribution in [1.29, 1.82) is 0 Å². The Balaban J connectivity index is 1.98. The fourth-order valence-corrected chi connectivity index (χ4v) is 7.72. The molecular formula is C53H59ClN4O4. The molecular weight excluding hydrogens is 792 g/mol. The lowest BCUT2D eigenvalue weighted by molar-refractivity contribution is -1.92. The smallest absolute Gasteiger partial charge is 0.292 e. The van der Waals surface area contributed by atoms with E-state index < -0.39 is 15.8 Å². The van der Waals surface area contributed by atoms with Crippen molar-refractivity contribution in [3.05, 3.63) is 239 Å². The van der Waals surface area contributed by atoms with Gasteiger partial charge in [0.05, 0.1) is 14.5 Å². The first-order valence-corrected chi connectivity index (χ1v) is 21.5. The Morgan fingerprint density at radius 3 is 0.935 bits per heavy atom. The number of nitrogens with zero attached hydrogens (tertiary/aromatic N) is 4. The summed E-state index contributed by atoms with van der Waals surface area (Å²) in [5.74, 6) is 0. The van der Waals surface area contributed by atoms with Crippen LogP contribution in [0.15, 0.2) is 217 Å². The minimum absolute atomic E-state index is 0.418. The van der Waals surface area contributed by atoms with Gasteiger partial charge in [-0.25, -0.2) is 0 Å². The molecule has 0 spiro atoms. The highest BCUT2D eigenvalue weighted by atomic mass is 35.7. The lowest BCUT2D eigenvalue weighted by Crippen LogP contribution is -2.63. The second-order valence-corrected chi connectivity index (χ2v) is 15.2. The summed E-state index contributed by atoms with van der Waals surface area (Å²) in [6, 6.07) is 30.9. The molecule has 0 amide bonds. The molecule has 8 nitrogen and oxygen atoms in total. The van der Waals surface area contributed by atoms with E-state index in [4.69, 9.17) is 4.29 Å². The van der Waals surface area contributed by atoms with Gasteiger partial charge in [0.2, 0.25) is 0 Å². The highest BCUT2D eigenvalue weighted by molar-refractivity contribution is 5.82. The van der Waals surface area contributed by atoms with Gasteiger partial charge in [-0.15, -0.1) is 52.6 Å². The summed E-state index contributed by atoms with van der Waals surface area (Å²) in [7, 11) is -4.96. The van der Waals surface area contributed by atoms with Crippen LogP contribution < -0.4 is 33.6 Å². The summed E-state index contributed by atoms with van der Waals surface area (Å²) < 4.78 is 44.2. The fraction of sp³-hybridized carbons (Fsp3) is 0.170. The first-order valence-electron chi connectivity index (χ1n) is 20.3. The quantitative estimate of drug-likeness (QED) is 0.0417. The van der Waals surface area contributed by atoms with Crippen LogP contribution >= 0.6 is 0 Å². The highest BCUT2D eigenvalue weighted by Gasteiger charge is 2.48. The van der Waals surface area contributed by atoms with Gasteiger partial charge in [-0.05, 0) is 71.3 Å². The molecule has 0 radical (unpaired) electrons. The number of halogens is 1. The van der Waals surface area contributed by atoms with Crippen LogP contribution in [-0.2, 0) is 9.89 Å². The maximum absolute atomic E-state index is 12.8. The molecule has 0 N–H and O–H groups in total. The fourth-order valence-electron chi connectivity index (χ4n) is 7.19. The molecule has 4 aromatic carbocycles. The van der Waals surface area contributed by atoms with Crippen molar-refractivity contribution in [3.8, 4) is 0 Å². The normalized spacial score (nSPS) is 11.2. The van der Waals surface area contributed by atoms with Crippen molar-refractivity contribution in [2.24, 2.45) is 0 Å². The van der Waals surface area contributed by atoms with E-state index in [1.54, 1.807) is 60.7 Å². The molecule has 0 aliphatic carbocycles. The molecule has 0 atom stereocenters. The largest absolute Gasteiger partial charge is 0.364 e. The molecule has 0 fully saturated rings. The predicted octanol–water partition coefficient (Wildman–Crippen LogP) is 8.25. The lowest BCUT2D eigenvalue weighted by Gasteiger charge is -2.30. The molecule has 9 heteroatoms. The number of rotatable bonds is 28. The highest BCUT2D eigenvalue weighted by Crippen LogP contribution is 2.40. The number of hydrogen-bond donors (Lipinski definition) is 0. The Hall–Kier alpha value is -6.39. The Kier molecular flexibility index (Phi) is 18.8. The van der Waals surface area contributed by atoms with Crippen LogP contribution in [0, 0.1) is 10.2 Å². The zero-order chi connectivity index (χ0) is 45.0. The number of benzene rings is 4. The van der Waals surface area contributed by atoms with Crippen molar-refractivity contribution < 1.29 is 28.5 Å². The van der Waals surface area contributed by atoms with Crippen LogP contribution in [0.3, 0.4) is 0 Å². The third kappa shape index (κ3) is 13.1. The van der Waals surface area contributed by atoms with E-state index >= 15 is 0 Å². The van der Waals surface area contributed by atoms with Gasteiger partial charge in [0.15, 0.2) is 0 Å². The Bertz CT molecular complexity index is 1990. The third-order valence-electron chi connectivity index (χ3n) is 10.0. The van der Waals surface area contributed by atoms with Crippen LogP contribution in [0.2, 0.25) is 0 Å². The summed E-state index contributed by atoms with van der Waals surface area (Å²) in [4.78, 5) is 8.42. The monoisotopic (exact) mass is 850 g/mol. The second-order valence-electron chi connectivity index (χ2n) is 14.2. The Morgan fingerprint density at radius 1 is 0.435 bits per heavy atom. The molecule has 0 heterocycles. The molecule has 0 aliphatic rings. The molecule has 0 aromatic heterocycles. The molecule has 4 rings (SSSR count). The van der Waals surface area contributed by atoms with Gasteiger partial charge in [-0.3, -0.25) is 0 Å². The van der Waals surface area contributed by atoms with Gasteiger partial charge in [0.1, 0.15) is 0 Å². The summed E-state index contributed by atoms with van der Waals surface area (Å²) in [5, 5.41) is 0. The number of anilines is 4. The topological polar surface area (TPSA) is 91.4 Å². The predicted molar refractivity (Wildman–Crippen MR) is 254 cm³/mol. The molecule has 0 bridgehead atoms. The zero-order valence-corrected chi connectivity index (χ0v) is 36.5. The molecule has 4 aromatic rings. The van der Waals surface area contributed by atoms with Gasteiger partial charge >= 0.3 is 0 Å². The van der Waals surface area contributed by atoms with Crippen LogP contribution in [0.5, 0.6) is 0 Å². The second kappa shape index (κ2) is 24.2. The van der Waals surface area contributed by atoms with E-state index in [0.717, 1.165) is 39.4 Å². The number of allylic oxidation sites excluding steroid dienone is 2. The summed E-state index contributed by atoms with van der Waals surface area (Å²) in [6.45, 7) is 36.1. The lowest BCUT2D eigenvalue weighted by atomic mass is 9.85. The Labute approximate surface area is 371 Å². The first kappa shape index (κ1) is 48.3. The summed E-state index contributed by atoms with van der Waals surface area (Å²) in [5.41, 5.74) is 5.30. The van der Waals surface area contributed by atoms with E-state index in [2.05, 4.69) is 72.2 Å². The van der Waals surface area contributed by atoms with E-state index in [9.17, 15) is 14.0 Å². The van der Waals surface area contributed by atoms with Crippen molar-refractivity contribution >= 4 is 28.3 Å². The van der Waals surface area contributed by atoms with Crippen molar-refractivity contribution in [1.82, 2.24) is 0 Å². The van der Waals surface area contributed by atoms with Crippen molar-refractivity contribution in [2.45, 2.75) is 5.60 Å². The van der Waals surface area contributed by atoms with Crippen molar-refractivity contribution in [2.75, 3.05) is 72.0 Å². The summed E-state index contributed by atoms with van der Waals surface area (Å²) >= 11 is 0. The average molecular weight is 852 g/mol. The maximum atomic E-state index is 12.8. The average Bonchev–Trinajstić information content (AvgIpc) is 3.27. The molecule has 0 saturated carbocycles. The number of hydrogen-bond acceptors (Lipinski definition) is 8. The van der Waals surface area contributed by atoms with Crippen molar-refractivity contribution in [3.63, 3.8) is 0 Å². The van der Waals surface area contributed by atoms with Gasteiger partial charge in [-0.1, -0.05) is 109 Å². The molecule has 0 aliphatic heterocycles. The van der Waals surface area contributed by atoms with E-state index in [1.165, 1.54) is 0 Å². The minimum atomic E-state index is -4.96. The molecule has 0 saturated heterocycles. The van der Waals surface area contributed by atoms with Gasteiger partial charge in [-0.2, -0.15) is 14.0 Å². The SMILES string of the molecule is C=CCN(CC=C)c1ccc(C(=CC=CC(O[Cl+3]([O-])([O-])[O-])(c2ccc(N(CC=C)CC=C)cc2)c2ccc(N(CC=C)CC=C)cc2)c2ccc(N(CC=C)CC=C)cc2)cc1. The van der Waals surface area contributed by atoms with Gasteiger partial charge < -0.3 is 19.6 Å². The van der Waals surface area contributed by atoms with E-state index in [0.29, 0.717) is 63.5 Å². The zero-order valence-electron chi connectivity index (χ0n) is 35.7. The molecule has 0 unspecified atom stereocenters. The third-order valence-corrected chi connectivity index (χ3v) is 10.4.